The molecule has 230 valence electrons. The fraction of sp³-hybridized carbons (Fsp3) is 0.500. The van der Waals surface area contributed by atoms with E-state index in [4.69, 9.17) is 28.1 Å². The molecular formula is C24H40N2O12S2. The summed E-state index contributed by atoms with van der Waals surface area (Å²) < 4.78 is 73.0. The highest BCUT2D eigenvalue weighted by Gasteiger charge is 2.07. The predicted octanol–water partition coefficient (Wildman–Crippen LogP) is 0.0706. The van der Waals surface area contributed by atoms with E-state index in [0.717, 1.165) is 11.5 Å². The zero-order valence-corrected chi connectivity index (χ0v) is 24.5. The molecule has 0 amide bonds. The van der Waals surface area contributed by atoms with E-state index in [0.29, 0.717) is 50.2 Å². The molecule has 16 heteroatoms. The maximum absolute atomic E-state index is 9.97. The minimum Gasteiger partial charge on any atom is -0.497 e. The molecule has 40 heavy (non-hydrogen) atoms. The lowest BCUT2D eigenvalue weighted by atomic mass is 10.3. The van der Waals surface area contributed by atoms with Crippen molar-refractivity contribution in [3.8, 4) is 23.0 Å². The van der Waals surface area contributed by atoms with E-state index in [1.54, 1.807) is 38.5 Å². The molecule has 6 N–H and O–H groups in total. The molecule has 0 aliphatic carbocycles. The van der Waals surface area contributed by atoms with Gasteiger partial charge in [0, 0.05) is 26.2 Å². The Bertz CT molecular complexity index is 1020. The summed E-state index contributed by atoms with van der Waals surface area (Å²) in [5, 5.41) is 26.2. The van der Waals surface area contributed by atoms with E-state index >= 15 is 0 Å². The van der Waals surface area contributed by atoms with Gasteiger partial charge >= 0.3 is 0 Å². The Labute approximate surface area is 235 Å². The number of ether oxygens (including phenoxy) is 4. The molecule has 2 aromatic carbocycles. The quantitative estimate of drug-likeness (QED) is 0.116. The van der Waals surface area contributed by atoms with E-state index in [2.05, 4.69) is 10.6 Å². The monoisotopic (exact) mass is 612 g/mol. The molecule has 0 aliphatic heterocycles. The van der Waals surface area contributed by atoms with Gasteiger partial charge in [-0.2, -0.15) is 16.8 Å². The minimum absolute atomic E-state index is 0.203. The van der Waals surface area contributed by atoms with Crippen molar-refractivity contribution in [2.45, 2.75) is 12.2 Å². The number of rotatable bonds is 15. The first kappa shape index (κ1) is 37.3. The summed E-state index contributed by atoms with van der Waals surface area (Å²) in [7, 11) is -4.12. The molecular weight excluding hydrogens is 572 g/mol. The number of benzene rings is 2. The maximum Gasteiger partial charge on any atom is 0.261 e. The zero-order valence-electron chi connectivity index (χ0n) is 22.9. The third-order valence-electron chi connectivity index (χ3n) is 4.24. The van der Waals surface area contributed by atoms with Crippen molar-refractivity contribution in [1.29, 1.82) is 0 Å². The van der Waals surface area contributed by atoms with Gasteiger partial charge in [0.2, 0.25) is 0 Å². The van der Waals surface area contributed by atoms with Crippen LogP contribution in [0.1, 0.15) is 0 Å². The second-order valence-corrected chi connectivity index (χ2v) is 11.1. The Kier molecular flexibility index (Phi) is 18.9. The largest absolute Gasteiger partial charge is 0.497 e. The summed E-state index contributed by atoms with van der Waals surface area (Å²) in [5.41, 5.74) is 0. The van der Waals surface area contributed by atoms with Gasteiger partial charge in [-0.1, -0.05) is 0 Å². The summed E-state index contributed by atoms with van der Waals surface area (Å²) >= 11 is 0. The molecule has 2 aromatic rings. The second kappa shape index (κ2) is 20.2. The van der Waals surface area contributed by atoms with Crippen LogP contribution >= 0.6 is 0 Å². The van der Waals surface area contributed by atoms with Gasteiger partial charge in [-0.25, -0.2) is 0 Å². The summed E-state index contributed by atoms with van der Waals surface area (Å²) in [4.78, 5) is 0. The normalized spacial score (nSPS) is 12.5. The van der Waals surface area contributed by atoms with E-state index < -0.39 is 32.4 Å². The summed E-state index contributed by atoms with van der Waals surface area (Å²) in [6, 6.07) is 14.4. The van der Waals surface area contributed by atoms with Crippen LogP contribution in [0.4, 0.5) is 0 Å². The highest BCUT2D eigenvalue weighted by Crippen LogP contribution is 2.17. The van der Waals surface area contributed by atoms with Crippen molar-refractivity contribution in [1.82, 2.24) is 10.6 Å². The van der Waals surface area contributed by atoms with E-state index in [1.165, 1.54) is 0 Å². The lowest BCUT2D eigenvalue weighted by molar-refractivity contribution is 0.103. The molecule has 0 saturated carbocycles. The van der Waals surface area contributed by atoms with Crippen LogP contribution in [0.15, 0.2) is 48.5 Å². The number of hydrogen-bond acceptors (Lipinski definition) is 12. The van der Waals surface area contributed by atoms with Crippen LogP contribution in [0.2, 0.25) is 0 Å². The minimum atomic E-state index is -3.67. The average molecular weight is 613 g/mol. The van der Waals surface area contributed by atoms with Gasteiger partial charge in [0.1, 0.15) is 48.4 Å². The maximum atomic E-state index is 9.97. The van der Waals surface area contributed by atoms with Crippen molar-refractivity contribution in [3.05, 3.63) is 48.5 Å². The summed E-state index contributed by atoms with van der Waals surface area (Å²) in [6.07, 6.45) is 0.200. The van der Waals surface area contributed by atoms with Crippen LogP contribution in [0.5, 0.6) is 23.0 Å². The van der Waals surface area contributed by atoms with E-state index in [-0.39, 0.29) is 13.2 Å². The van der Waals surface area contributed by atoms with Crippen LogP contribution in [-0.2, 0) is 20.2 Å². The van der Waals surface area contributed by atoms with Gasteiger partial charge in [-0.3, -0.25) is 9.11 Å². The molecule has 0 aliphatic rings. The highest BCUT2D eigenvalue weighted by atomic mass is 32.2. The molecule has 0 bridgehead atoms. The van der Waals surface area contributed by atoms with Gasteiger partial charge in [0.15, 0.2) is 0 Å². The smallest absolute Gasteiger partial charge is 0.261 e. The molecule has 0 heterocycles. The summed E-state index contributed by atoms with van der Waals surface area (Å²) in [5.74, 6) is 2.88. The van der Waals surface area contributed by atoms with Crippen molar-refractivity contribution < 1.29 is 55.1 Å². The van der Waals surface area contributed by atoms with Crippen LogP contribution < -0.4 is 29.6 Å². The van der Waals surface area contributed by atoms with Crippen LogP contribution in [-0.4, -0.2) is 114 Å². The predicted molar refractivity (Wildman–Crippen MR) is 150 cm³/mol. The first-order valence-corrected chi connectivity index (χ1v) is 15.5. The highest BCUT2D eigenvalue weighted by molar-refractivity contribution is 7.85. The number of nitrogens with one attached hydrogen (secondary N) is 2. The molecule has 0 radical (unpaired) electrons. The number of hydrogen-bond donors (Lipinski definition) is 6. The molecule has 0 saturated heterocycles. The number of aliphatic hydroxyl groups is 2. The van der Waals surface area contributed by atoms with Gasteiger partial charge in [-0.05, 0) is 48.5 Å². The lowest BCUT2D eigenvalue weighted by Crippen LogP contribution is -2.38. The van der Waals surface area contributed by atoms with Crippen molar-refractivity contribution in [3.63, 3.8) is 0 Å². The zero-order chi connectivity index (χ0) is 30.6. The Balaban J connectivity index is 0.00000130. The standard InChI is InChI=1S/C22H32N2O6.2CH4O3S/c1-27-19-3-7-21(8-4-19)29-15-17(25)13-23-11-12-24-14-18(26)16-30-22-9-5-20(28-2)6-10-22;2*1-5(2,3)4/h3-10,17-18,23-26H,11-16H2,1-2H3;2*1H3,(H,2,3,4). The van der Waals surface area contributed by atoms with Gasteiger partial charge in [-0.15, -0.1) is 0 Å². The van der Waals surface area contributed by atoms with Gasteiger partial charge < -0.3 is 39.8 Å². The second-order valence-electron chi connectivity index (χ2n) is 8.16. The Morgan fingerprint density at radius 3 is 1.12 bits per heavy atom. The SMILES string of the molecule is COc1ccc(OCC(O)CNCCNCC(O)COc2ccc(OC)cc2)cc1.CS(=O)(=O)O.CS(=O)(=O)O. The van der Waals surface area contributed by atoms with E-state index in [9.17, 15) is 27.0 Å². The number of methoxy groups -OCH3 is 2. The molecule has 0 aromatic heterocycles. The van der Waals surface area contributed by atoms with Crippen LogP contribution in [0.3, 0.4) is 0 Å². The van der Waals surface area contributed by atoms with E-state index in [1.807, 2.05) is 24.3 Å². The van der Waals surface area contributed by atoms with Gasteiger partial charge in [0.05, 0.1) is 26.7 Å². The Morgan fingerprint density at radius 1 is 0.625 bits per heavy atom. The molecule has 0 fully saturated rings. The fourth-order valence-corrected chi connectivity index (χ4v) is 2.56. The van der Waals surface area contributed by atoms with Crippen molar-refractivity contribution >= 4 is 20.2 Å². The van der Waals surface area contributed by atoms with Crippen molar-refractivity contribution in [2.75, 3.05) is 66.1 Å². The molecule has 0 spiro atoms. The van der Waals surface area contributed by atoms with Crippen LogP contribution in [0.25, 0.3) is 0 Å². The van der Waals surface area contributed by atoms with Crippen molar-refractivity contribution in [2.24, 2.45) is 0 Å². The molecule has 14 nitrogen and oxygen atoms in total. The third-order valence-corrected chi connectivity index (χ3v) is 4.24. The lowest BCUT2D eigenvalue weighted by Gasteiger charge is -2.15. The molecule has 2 unspecified atom stereocenters. The average Bonchev–Trinajstić information content (AvgIpc) is 2.87. The number of aliphatic hydroxyl groups excluding tert-OH is 2. The molecule has 2 rings (SSSR count). The first-order chi connectivity index (χ1) is 18.6. The Hall–Kier alpha value is -2.70. The third kappa shape index (κ3) is 25.6. The Morgan fingerprint density at radius 2 is 0.875 bits per heavy atom. The topological polar surface area (TPSA) is 210 Å². The summed E-state index contributed by atoms with van der Waals surface area (Å²) in [6.45, 7) is 2.56. The molecule has 2 atom stereocenters. The van der Waals surface area contributed by atoms with Crippen LogP contribution in [0, 0.1) is 0 Å². The fourth-order valence-electron chi connectivity index (χ4n) is 2.56. The van der Waals surface area contributed by atoms with Gasteiger partial charge in [0.25, 0.3) is 20.2 Å². The first-order valence-electron chi connectivity index (χ1n) is 11.8.